The topological polar surface area (TPSA) is 43.8 Å². The molecule has 0 spiro atoms. The van der Waals surface area contributed by atoms with Crippen molar-refractivity contribution in [2.24, 2.45) is 12.8 Å². The number of benzene rings is 1. The van der Waals surface area contributed by atoms with Crippen molar-refractivity contribution in [2.75, 3.05) is 0 Å². The second-order valence-corrected chi connectivity index (χ2v) is 4.36. The zero-order valence-electron chi connectivity index (χ0n) is 8.69. The van der Waals surface area contributed by atoms with E-state index in [1.807, 2.05) is 7.05 Å². The molecule has 0 amide bonds. The number of hydrogen-bond donors (Lipinski definition) is 1. The molecular formula is C11H11BrFN3. The molecule has 0 aliphatic heterocycles. The van der Waals surface area contributed by atoms with Crippen molar-refractivity contribution in [3.8, 4) is 0 Å². The first kappa shape index (κ1) is 11.3. The lowest BCUT2D eigenvalue weighted by Gasteiger charge is -2.14. The summed E-state index contributed by atoms with van der Waals surface area (Å²) in [5, 5.41) is 0. The van der Waals surface area contributed by atoms with E-state index in [9.17, 15) is 4.39 Å². The van der Waals surface area contributed by atoms with Gasteiger partial charge in [-0.3, -0.25) is 0 Å². The first-order valence-corrected chi connectivity index (χ1v) is 5.57. The van der Waals surface area contributed by atoms with Crippen molar-refractivity contribution < 1.29 is 4.39 Å². The van der Waals surface area contributed by atoms with Crippen molar-refractivity contribution in [1.29, 1.82) is 0 Å². The van der Waals surface area contributed by atoms with Crippen molar-refractivity contribution in [3.05, 3.63) is 52.3 Å². The summed E-state index contributed by atoms with van der Waals surface area (Å²) in [4.78, 5) is 4.12. The third kappa shape index (κ3) is 1.88. The summed E-state index contributed by atoms with van der Waals surface area (Å²) in [6, 6.07) is 4.22. The Morgan fingerprint density at radius 1 is 1.50 bits per heavy atom. The SMILES string of the molecule is Cn1ccnc1C(N)c1c(F)cccc1Br. The van der Waals surface area contributed by atoms with Crippen LogP contribution in [0.25, 0.3) is 0 Å². The molecule has 0 bridgehead atoms. The summed E-state index contributed by atoms with van der Waals surface area (Å²) < 4.78 is 16.1. The van der Waals surface area contributed by atoms with Gasteiger partial charge >= 0.3 is 0 Å². The van der Waals surface area contributed by atoms with Gasteiger partial charge in [0, 0.05) is 29.5 Å². The molecule has 1 aromatic carbocycles. The Morgan fingerprint density at radius 3 is 2.81 bits per heavy atom. The van der Waals surface area contributed by atoms with Crippen LogP contribution in [0, 0.1) is 5.82 Å². The van der Waals surface area contributed by atoms with Crippen LogP contribution in [0.5, 0.6) is 0 Å². The van der Waals surface area contributed by atoms with Crippen molar-refractivity contribution in [1.82, 2.24) is 9.55 Å². The third-order valence-corrected chi connectivity index (χ3v) is 3.14. The smallest absolute Gasteiger partial charge is 0.130 e. The highest BCUT2D eigenvalue weighted by Crippen LogP contribution is 2.28. The van der Waals surface area contributed by atoms with Gasteiger partial charge in [0.05, 0.1) is 6.04 Å². The maximum absolute atomic E-state index is 13.7. The van der Waals surface area contributed by atoms with Gasteiger partial charge in [0.2, 0.25) is 0 Å². The second-order valence-electron chi connectivity index (χ2n) is 3.51. The van der Waals surface area contributed by atoms with Crippen LogP contribution in [0.2, 0.25) is 0 Å². The van der Waals surface area contributed by atoms with Crippen molar-refractivity contribution >= 4 is 15.9 Å². The molecule has 2 N–H and O–H groups in total. The number of hydrogen-bond acceptors (Lipinski definition) is 2. The molecule has 1 heterocycles. The molecule has 84 valence electrons. The van der Waals surface area contributed by atoms with Crippen LogP contribution >= 0.6 is 15.9 Å². The van der Waals surface area contributed by atoms with Gasteiger partial charge in [-0.05, 0) is 12.1 Å². The Morgan fingerprint density at radius 2 is 2.25 bits per heavy atom. The molecule has 2 aromatic rings. The molecule has 1 aromatic heterocycles. The number of halogens is 2. The van der Waals surface area contributed by atoms with Crippen LogP contribution in [0.1, 0.15) is 17.4 Å². The van der Waals surface area contributed by atoms with E-state index in [4.69, 9.17) is 5.73 Å². The highest BCUT2D eigenvalue weighted by Gasteiger charge is 2.19. The number of rotatable bonds is 2. The lowest BCUT2D eigenvalue weighted by Crippen LogP contribution is -2.18. The van der Waals surface area contributed by atoms with Crippen LogP contribution in [-0.2, 0) is 7.05 Å². The minimum absolute atomic E-state index is 0.329. The molecule has 1 unspecified atom stereocenters. The zero-order chi connectivity index (χ0) is 11.7. The maximum atomic E-state index is 13.7. The Kier molecular flexibility index (Phi) is 3.07. The van der Waals surface area contributed by atoms with Gasteiger partial charge < -0.3 is 10.3 Å². The Labute approximate surface area is 101 Å². The molecule has 5 heteroatoms. The van der Waals surface area contributed by atoms with Gasteiger partial charge in [-0.25, -0.2) is 9.37 Å². The molecule has 0 radical (unpaired) electrons. The maximum Gasteiger partial charge on any atom is 0.130 e. The van der Waals surface area contributed by atoms with Crippen LogP contribution in [-0.4, -0.2) is 9.55 Å². The van der Waals surface area contributed by atoms with E-state index in [-0.39, 0.29) is 5.82 Å². The standard InChI is InChI=1S/C11H11BrFN3/c1-16-6-5-15-11(16)10(14)9-7(12)3-2-4-8(9)13/h2-6,10H,14H2,1H3. The number of aromatic nitrogens is 2. The minimum atomic E-state index is -0.574. The average Bonchev–Trinajstić information content (AvgIpc) is 2.64. The van der Waals surface area contributed by atoms with Crippen molar-refractivity contribution in [2.45, 2.75) is 6.04 Å². The van der Waals surface area contributed by atoms with E-state index in [2.05, 4.69) is 20.9 Å². The molecule has 0 aliphatic rings. The molecule has 0 aliphatic carbocycles. The summed E-state index contributed by atoms with van der Waals surface area (Å²) in [6.45, 7) is 0. The van der Waals surface area contributed by atoms with Gasteiger partial charge in [0.1, 0.15) is 11.6 Å². The predicted octanol–water partition coefficient (Wildman–Crippen LogP) is 2.37. The zero-order valence-corrected chi connectivity index (χ0v) is 10.3. The van der Waals surface area contributed by atoms with Gasteiger partial charge in [-0.1, -0.05) is 22.0 Å². The molecule has 0 saturated carbocycles. The molecule has 0 saturated heterocycles. The van der Waals surface area contributed by atoms with E-state index in [1.165, 1.54) is 6.07 Å². The van der Waals surface area contributed by atoms with E-state index in [1.54, 1.807) is 29.1 Å². The number of nitrogens with two attached hydrogens (primary N) is 1. The van der Waals surface area contributed by atoms with Crippen LogP contribution in [0.3, 0.4) is 0 Å². The summed E-state index contributed by atoms with van der Waals surface area (Å²) in [7, 11) is 1.83. The van der Waals surface area contributed by atoms with Crippen molar-refractivity contribution in [3.63, 3.8) is 0 Å². The summed E-state index contributed by atoms with van der Waals surface area (Å²) in [5.41, 5.74) is 6.44. The Hall–Kier alpha value is -1.20. The average molecular weight is 284 g/mol. The molecule has 2 rings (SSSR count). The highest BCUT2D eigenvalue weighted by atomic mass is 79.9. The van der Waals surface area contributed by atoms with E-state index in [0.29, 0.717) is 15.9 Å². The number of aryl methyl sites for hydroxylation is 1. The van der Waals surface area contributed by atoms with Crippen LogP contribution < -0.4 is 5.73 Å². The summed E-state index contributed by atoms with van der Waals surface area (Å²) in [6.07, 6.45) is 3.42. The lowest BCUT2D eigenvalue weighted by atomic mass is 10.1. The Bertz CT molecular complexity index is 489. The van der Waals surface area contributed by atoms with Gasteiger partial charge in [0.15, 0.2) is 0 Å². The fraction of sp³-hybridized carbons (Fsp3) is 0.182. The van der Waals surface area contributed by atoms with E-state index < -0.39 is 6.04 Å². The summed E-state index contributed by atoms with van der Waals surface area (Å²) in [5.74, 6) is 0.302. The molecule has 16 heavy (non-hydrogen) atoms. The van der Waals surface area contributed by atoms with Gasteiger partial charge in [-0.2, -0.15) is 0 Å². The van der Waals surface area contributed by atoms with E-state index in [0.717, 1.165) is 0 Å². The first-order valence-electron chi connectivity index (χ1n) is 4.78. The van der Waals surface area contributed by atoms with E-state index >= 15 is 0 Å². The fourth-order valence-corrected chi connectivity index (χ4v) is 2.20. The highest BCUT2D eigenvalue weighted by molar-refractivity contribution is 9.10. The minimum Gasteiger partial charge on any atom is -0.336 e. The third-order valence-electron chi connectivity index (χ3n) is 2.45. The monoisotopic (exact) mass is 283 g/mol. The summed E-state index contributed by atoms with van der Waals surface area (Å²) >= 11 is 3.30. The lowest BCUT2D eigenvalue weighted by molar-refractivity contribution is 0.586. The number of nitrogens with zero attached hydrogens (tertiary/aromatic N) is 2. The quantitative estimate of drug-likeness (QED) is 0.920. The first-order chi connectivity index (χ1) is 7.61. The normalized spacial score (nSPS) is 12.8. The molecule has 1 atom stereocenters. The molecular weight excluding hydrogens is 273 g/mol. The Balaban J connectivity index is 2.49. The molecule has 0 fully saturated rings. The largest absolute Gasteiger partial charge is 0.336 e. The van der Waals surface area contributed by atoms with Crippen LogP contribution in [0.4, 0.5) is 4.39 Å². The van der Waals surface area contributed by atoms with Gasteiger partial charge in [0.25, 0.3) is 0 Å². The van der Waals surface area contributed by atoms with Crippen LogP contribution in [0.15, 0.2) is 35.1 Å². The molecule has 3 nitrogen and oxygen atoms in total. The number of imidazole rings is 1. The second kappa shape index (κ2) is 4.35. The fourth-order valence-electron chi connectivity index (χ4n) is 1.61. The van der Waals surface area contributed by atoms with Gasteiger partial charge in [-0.15, -0.1) is 0 Å². The predicted molar refractivity (Wildman–Crippen MR) is 63.3 cm³/mol.